The van der Waals surface area contributed by atoms with Crippen LogP contribution < -0.4 is 0 Å². The van der Waals surface area contributed by atoms with E-state index in [4.69, 9.17) is 23.2 Å². The molecule has 0 N–H and O–H groups in total. The van der Waals surface area contributed by atoms with E-state index in [9.17, 15) is 9.18 Å². The lowest BCUT2D eigenvalue weighted by Gasteiger charge is -2.04. The van der Waals surface area contributed by atoms with Crippen molar-refractivity contribution in [1.82, 2.24) is 9.78 Å². The minimum absolute atomic E-state index is 0.0607. The molecular formula is C13H11Cl2FN2O. The number of hydrogen-bond donors (Lipinski definition) is 0. The fourth-order valence-corrected chi connectivity index (χ4v) is 2.25. The number of nitrogens with zero attached hydrogens (tertiary/aromatic N) is 2. The molecule has 0 unspecified atom stereocenters. The molecule has 3 nitrogen and oxygen atoms in total. The second-order valence-corrected chi connectivity index (χ2v) is 4.87. The van der Waals surface area contributed by atoms with E-state index in [1.54, 1.807) is 10.9 Å². The maximum Gasteiger partial charge on any atom is 0.153 e. The highest BCUT2D eigenvalue weighted by Crippen LogP contribution is 2.32. The smallest absolute Gasteiger partial charge is 0.153 e. The third-order valence-electron chi connectivity index (χ3n) is 2.63. The molecular weight excluding hydrogens is 290 g/mol. The Balaban J connectivity index is 2.57. The first-order valence-corrected chi connectivity index (χ1v) is 6.50. The van der Waals surface area contributed by atoms with Crippen molar-refractivity contribution < 1.29 is 9.18 Å². The van der Waals surface area contributed by atoms with Gasteiger partial charge in [-0.15, -0.1) is 0 Å². The molecule has 6 heteroatoms. The van der Waals surface area contributed by atoms with Crippen LogP contribution in [0.2, 0.25) is 10.0 Å². The van der Waals surface area contributed by atoms with Gasteiger partial charge in [0.05, 0.1) is 15.6 Å². The molecule has 0 saturated carbocycles. The zero-order valence-corrected chi connectivity index (χ0v) is 11.7. The summed E-state index contributed by atoms with van der Waals surface area (Å²) in [6, 6.07) is 2.50. The van der Waals surface area contributed by atoms with Gasteiger partial charge in [-0.05, 0) is 18.6 Å². The SMILES string of the molecule is CCCn1cc(C=O)c(-c2cc(F)c(Cl)cc2Cl)n1. The molecule has 100 valence electrons. The molecule has 0 bridgehead atoms. The van der Waals surface area contributed by atoms with Gasteiger partial charge < -0.3 is 0 Å². The van der Waals surface area contributed by atoms with Crippen LogP contribution in [-0.4, -0.2) is 16.1 Å². The van der Waals surface area contributed by atoms with E-state index in [0.717, 1.165) is 6.42 Å². The lowest BCUT2D eigenvalue weighted by atomic mass is 10.1. The molecule has 2 aromatic rings. The van der Waals surface area contributed by atoms with Gasteiger partial charge in [-0.25, -0.2) is 4.39 Å². The Hall–Kier alpha value is -1.39. The van der Waals surface area contributed by atoms with Gasteiger partial charge in [0.15, 0.2) is 6.29 Å². The summed E-state index contributed by atoms with van der Waals surface area (Å²) in [6.45, 7) is 2.67. The monoisotopic (exact) mass is 300 g/mol. The summed E-state index contributed by atoms with van der Waals surface area (Å²) >= 11 is 11.7. The van der Waals surface area contributed by atoms with Gasteiger partial charge in [0.1, 0.15) is 11.5 Å². The average Bonchev–Trinajstić information content (AvgIpc) is 2.77. The molecule has 1 heterocycles. The van der Waals surface area contributed by atoms with Crippen LogP contribution in [0, 0.1) is 5.82 Å². The van der Waals surface area contributed by atoms with Gasteiger partial charge in [0.25, 0.3) is 0 Å². The minimum Gasteiger partial charge on any atom is -0.298 e. The Morgan fingerprint density at radius 2 is 2.11 bits per heavy atom. The van der Waals surface area contributed by atoms with E-state index in [0.29, 0.717) is 29.7 Å². The van der Waals surface area contributed by atoms with Crippen molar-refractivity contribution >= 4 is 29.5 Å². The summed E-state index contributed by atoms with van der Waals surface area (Å²) in [7, 11) is 0. The zero-order valence-electron chi connectivity index (χ0n) is 10.2. The van der Waals surface area contributed by atoms with Crippen LogP contribution >= 0.6 is 23.2 Å². The Morgan fingerprint density at radius 3 is 2.74 bits per heavy atom. The van der Waals surface area contributed by atoms with Crippen molar-refractivity contribution in [3.05, 3.63) is 39.8 Å². The number of aryl methyl sites for hydroxylation is 1. The van der Waals surface area contributed by atoms with Crippen molar-refractivity contribution in [3.63, 3.8) is 0 Å². The highest BCUT2D eigenvalue weighted by atomic mass is 35.5. The fourth-order valence-electron chi connectivity index (χ4n) is 1.78. The topological polar surface area (TPSA) is 34.9 Å². The van der Waals surface area contributed by atoms with Crippen LogP contribution in [0.5, 0.6) is 0 Å². The average molecular weight is 301 g/mol. The second kappa shape index (κ2) is 5.72. The van der Waals surface area contributed by atoms with Crippen LogP contribution in [0.15, 0.2) is 18.3 Å². The molecule has 0 radical (unpaired) electrons. The Labute approximate surface area is 119 Å². The minimum atomic E-state index is -0.594. The number of benzene rings is 1. The molecule has 0 aliphatic rings. The Bertz CT molecular complexity index is 625. The number of aldehydes is 1. The predicted molar refractivity (Wildman–Crippen MR) is 73.3 cm³/mol. The zero-order chi connectivity index (χ0) is 14.0. The van der Waals surface area contributed by atoms with E-state index < -0.39 is 5.82 Å². The van der Waals surface area contributed by atoms with Crippen LogP contribution in [0.1, 0.15) is 23.7 Å². The van der Waals surface area contributed by atoms with Crippen LogP contribution in [0.3, 0.4) is 0 Å². The molecule has 0 amide bonds. The van der Waals surface area contributed by atoms with Crippen molar-refractivity contribution in [2.45, 2.75) is 19.9 Å². The van der Waals surface area contributed by atoms with Crippen molar-refractivity contribution in [2.24, 2.45) is 0 Å². The second-order valence-electron chi connectivity index (χ2n) is 4.06. The number of halogens is 3. The van der Waals surface area contributed by atoms with Crippen molar-refractivity contribution in [3.8, 4) is 11.3 Å². The Morgan fingerprint density at radius 1 is 1.37 bits per heavy atom. The summed E-state index contributed by atoms with van der Waals surface area (Å²) in [4.78, 5) is 11.1. The van der Waals surface area contributed by atoms with Gasteiger partial charge in [-0.2, -0.15) is 5.10 Å². The largest absolute Gasteiger partial charge is 0.298 e. The summed E-state index contributed by atoms with van der Waals surface area (Å²) in [5.74, 6) is -0.594. The fraction of sp³-hybridized carbons (Fsp3) is 0.231. The summed E-state index contributed by atoms with van der Waals surface area (Å²) in [5.41, 5.74) is 1.10. The van der Waals surface area contributed by atoms with Gasteiger partial charge in [0.2, 0.25) is 0 Å². The molecule has 0 spiro atoms. The summed E-state index contributed by atoms with van der Waals surface area (Å²) in [5, 5.41) is 4.46. The molecule has 0 aliphatic heterocycles. The molecule has 1 aromatic heterocycles. The highest BCUT2D eigenvalue weighted by Gasteiger charge is 2.16. The number of carbonyl (C=O) groups is 1. The van der Waals surface area contributed by atoms with Gasteiger partial charge in [-0.1, -0.05) is 30.1 Å². The first kappa shape index (κ1) is 14.0. The molecule has 0 fully saturated rings. The summed E-state index contributed by atoms with van der Waals surface area (Å²) in [6.07, 6.45) is 3.17. The highest BCUT2D eigenvalue weighted by molar-refractivity contribution is 6.36. The number of hydrogen-bond acceptors (Lipinski definition) is 2. The van der Waals surface area contributed by atoms with E-state index in [1.807, 2.05) is 6.92 Å². The first-order valence-electron chi connectivity index (χ1n) is 5.74. The van der Waals surface area contributed by atoms with Crippen LogP contribution in [-0.2, 0) is 6.54 Å². The molecule has 2 rings (SSSR count). The summed E-state index contributed by atoms with van der Waals surface area (Å²) < 4.78 is 15.2. The van der Waals surface area contributed by atoms with Gasteiger partial charge in [0, 0.05) is 18.3 Å². The van der Waals surface area contributed by atoms with E-state index >= 15 is 0 Å². The third-order valence-corrected chi connectivity index (χ3v) is 3.24. The van der Waals surface area contributed by atoms with Crippen molar-refractivity contribution in [2.75, 3.05) is 0 Å². The maximum absolute atomic E-state index is 13.5. The van der Waals surface area contributed by atoms with Gasteiger partial charge in [-0.3, -0.25) is 9.48 Å². The third kappa shape index (κ3) is 2.80. The molecule has 0 saturated heterocycles. The number of aromatic nitrogens is 2. The maximum atomic E-state index is 13.5. The van der Waals surface area contributed by atoms with E-state index in [2.05, 4.69) is 5.10 Å². The molecule has 19 heavy (non-hydrogen) atoms. The number of rotatable bonds is 4. The van der Waals surface area contributed by atoms with E-state index in [1.165, 1.54) is 12.1 Å². The van der Waals surface area contributed by atoms with Crippen LogP contribution in [0.25, 0.3) is 11.3 Å². The Kier molecular flexibility index (Phi) is 4.22. The van der Waals surface area contributed by atoms with Gasteiger partial charge >= 0.3 is 0 Å². The first-order chi connectivity index (χ1) is 9.06. The lowest BCUT2D eigenvalue weighted by Crippen LogP contribution is -1.97. The normalized spacial score (nSPS) is 10.7. The van der Waals surface area contributed by atoms with Crippen LogP contribution in [0.4, 0.5) is 4.39 Å². The standard InChI is InChI=1S/C13H11Cl2FN2O/c1-2-3-18-6-8(7-19)13(17-18)9-4-12(16)11(15)5-10(9)14/h4-7H,2-3H2,1H3. The van der Waals surface area contributed by atoms with Crippen molar-refractivity contribution in [1.29, 1.82) is 0 Å². The quantitative estimate of drug-likeness (QED) is 0.626. The van der Waals surface area contributed by atoms with E-state index in [-0.39, 0.29) is 10.0 Å². The molecule has 0 atom stereocenters. The number of carbonyl (C=O) groups excluding carboxylic acids is 1. The predicted octanol–water partition coefficient (Wildman–Crippen LogP) is 4.22. The molecule has 1 aromatic carbocycles. The lowest BCUT2D eigenvalue weighted by molar-refractivity contribution is 0.112. The molecule has 0 aliphatic carbocycles.